The van der Waals surface area contributed by atoms with E-state index in [0.717, 1.165) is 25.9 Å². The smallest absolute Gasteiger partial charge is 0.242 e. The Hall–Kier alpha value is -1.62. The molecule has 2 rings (SSSR count). The van der Waals surface area contributed by atoms with Crippen molar-refractivity contribution in [3.63, 3.8) is 0 Å². The highest BCUT2D eigenvalue weighted by atomic mass is 19.1. The predicted octanol–water partition coefficient (Wildman–Crippen LogP) is 2.25. The molecule has 0 aliphatic carbocycles. The van der Waals surface area contributed by atoms with Crippen LogP contribution in [0.3, 0.4) is 0 Å². The van der Waals surface area contributed by atoms with Gasteiger partial charge in [0.2, 0.25) is 5.91 Å². The molecule has 1 atom stereocenters. The van der Waals surface area contributed by atoms with E-state index in [4.69, 9.17) is 0 Å². The van der Waals surface area contributed by atoms with Crippen molar-refractivity contribution in [3.05, 3.63) is 29.1 Å². The summed E-state index contributed by atoms with van der Waals surface area (Å²) in [6, 6.07) is 3.04. The molecule has 21 heavy (non-hydrogen) atoms. The SMILES string of the molecule is Cc1cc(N(C)CC(=O)N2CCCC2)c([C@@H](C)O)cc1F. The monoisotopic (exact) mass is 294 g/mol. The summed E-state index contributed by atoms with van der Waals surface area (Å²) in [6.07, 6.45) is 1.34. The van der Waals surface area contributed by atoms with Crippen molar-refractivity contribution in [3.8, 4) is 0 Å². The molecule has 0 aromatic heterocycles. The Bertz CT molecular complexity index is 525. The highest BCUT2D eigenvalue weighted by Crippen LogP contribution is 2.28. The number of hydrogen-bond acceptors (Lipinski definition) is 3. The van der Waals surface area contributed by atoms with Crippen molar-refractivity contribution < 1.29 is 14.3 Å². The number of hydrogen-bond donors (Lipinski definition) is 1. The Morgan fingerprint density at radius 1 is 1.43 bits per heavy atom. The van der Waals surface area contributed by atoms with Crippen molar-refractivity contribution >= 4 is 11.6 Å². The molecule has 1 heterocycles. The number of aliphatic hydroxyl groups is 1. The third-order valence-electron chi connectivity index (χ3n) is 4.00. The Kier molecular flexibility index (Phi) is 4.83. The van der Waals surface area contributed by atoms with Crippen LogP contribution in [0.4, 0.5) is 10.1 Å². The molecular formula is C16H23FN2O2. The lowest BCUT2D eigenvalue weighted by atomic mass is 10.0. The van der Waals surface area contributed by atoms with Crippen LogP contribution in [0.5, 0.6) is 0 Å². The number of aliphatic hydroxyl groups excluding tert-OH is 1. The van der Waals surface area contributed by atoms with Gasteiger partial charge in [0, 0.05) is 31.4 Å². The van der Waals surface area contributed by atoms with Crippen molar-refractivity contribution in [2.45, 2.75) is 32.8 Å². The maximum Gasteiger partial charge on any atom is 0.242 e. The van der Waals surface area contributed by atoms with Crippen molar-refractivity contribution in [1.29, 1.82) is 0 Å². The van der Waals surface area contributed by atoms with Gasteiger partial charge < -0.3 is 14.9 Å². The molecule has 0 unspecified atom stereocenters. The van der Waals surface area contributed by atoms with Crippen molar-refractivity contribution in [1.82, 2.24) is 4.90 Å². The highest BCUT2D eigenvalue weighted by Gasteiger charge is 2.21. The maximum absolute atomic E-state index is 13.7. The van der Waals surface area contributed by atoms with Gasteiger partial charge in [-0.05, 0) is 44.4 Å². The lowest BCUT2D eigenvalue weighted by Gasteiger charge is -2.26. The molecule has 1 amide bonds. The van der Waals surface area contributed by atoms with E-state index in [2.05, 4.69) is 0 Å². The van der Waals surface area contributed by atoms with Gasteiger partial charge in [-0.15, -0.1) is 0 Å². The topological polar surface area (TPSA) is 43.8 Å². The number of halogens is 1. The third-order valence-corrected chi connectivity index (χ3v) is 4.00. The zero-order valence-electron chi connectivity index (χ0n) is 12.9. The van der Waals surface area contributed by atoms with Crippen molar-refractivity contribution in [2.75, 3.05) is 31.6 Å². The van der Waals surface area contributed by atoms with Gasteiger partial charge in [0.25, 0.3) is 0 Å². The molecule has 1 aliphatic rings. The zero-order chi connectivity index (χ0) is 15.6. The molecule has 1 aliphatic heterocycles. The summed E-state index contributed by atoms with van der Waals surface area (Å²) < 4.78 is 13.7. The zero-order valence-corrected chi connectivity index (χ0v) is 12.9. The van der Waals surface area contributed by atoms with E-state index in [1.807, 2.05) is 4.90 Å². The van der Waals surface area contributed by atoms with E-state index >= 15 is 0 Å². The number of carbonyl (C=O) groups is 1. The number of aryl methyl sites for hydroxylation is 1. The molecule has 1 aromatic carbocycles. The van der Waals surface area contributed by atoms with Crippen LogP contribution >= 0.6 is 0 Å². The number of likely N-dealkylation sites (tertiary alicyclic amines) is 1. The van der Waals surface area contributed by atoms with Gasteiger partial charge in [0.05, 0.1) is 12.6 Å². The highest BCUT2D eigenvalue weighted by molar-refractivity contribution is 5.82. The van der Waals surface area contributed by atoms with Gasteiger partial charge in [-0.1, -0.05) is 0 Å². The van der Waals surface area contributed by atoms with E-state index in [9.17, 15) is 14.3 Å². The van der Waals surface area contributed by atoms with Crippen LogP contribution in [0.25, 0.3) is 0 Å². The Morgan fingerprint density at radius 2 is 2.05 bits per heavy atom. The average Bonchev–Trinajstić information content (AvgIpc) is 2.95. The molecule has 1 aromatic rings. The molecular weight excluding hydrogens is 271 g/mol. The summed E-state index contributed by atoms with van der Waals surface area (Å²) in [7, 11) is 1.80. The minimum atomic E-state index is -0.778. The first-order chi connectivity index (χ1) is 9.90. The normalized spacial score (nSPS) is 16.1. The molecule has 4 nitrogen and oxygen atoms in total. The predicted molar refractivity (Wildman–Crippen MR) is 80.9 cm³/mol. The van der Waals surface area contributed by atoms with Gasteiger partial charge >= 0.3 is 0 Å². The van der Waals surface area contributed by atoms with Crippen LogP contribution in [-0.4, -0.2) is 42.6 Å². The van der Waals surface area contributed by atoms with Crippen LogP contribution in [0, 0.1) is 12.7 Å². The van der Waals surface area contributed by atoms with E-state index < -0.39 is 6.10 Å². The first-order valence-electron chi connectivity index (χ1n) is 7.37. The van der Waals surface area contributed by atoms with Crippen LogP contribution in [0.15, 0.2) is 12.1 Å². The molecule has 0 bridgehead atoms. The van der Waals surface area contributed by atoms with Crippen LogP contribution in [0.1, 0.15) is 37.0 Å². The van der Waals surface area contributed by atoms with Gasteiger partial charge in [-0.2, -0.15) is 0 Å². The molecule has 1 saturated heterocycles. The van der Waals surface area contributed by atoms with Gasteiger partial charge in [0.1, 0.15) is 5.82 Å². The molecule has 0 spiro atoms. The van der Waals surface area contributed by atoms with Gasteiger partial charge in [-0.3, -0.25) is 4.79 Å². The Morgan fingerprint density at radius 3 is 2.62 bits per heavy atom. The fraction of sp³-hybridized carbons (Fsp3) is 0.562. The van der Waals surface area contributed by atoms with E-state index in [1.165, 1.54) is 6.07 Å². The van der Waals surface area contributed by atoms with E-state index in [1.54, 1.807) is 31.9 Å². The first kappa shape index (κ1) is 15.8. The average molecular weight is 294 g/mol. The summed E-state index contributed by atoms with van der Waals surface area (Å²) >= 11 is 0. The summed E-state index contributed by atoms with van der Waals surface area (Å²) in [5.74, 6) is -0.262. The Labute approximate surface area is 125 Å². The fourth-order valence-electron chi connectivity index (χ4n) is 2.70. The Balaban J connectivity index is 2.19. The van der Waals surface area contributed by atoms with Gasteiger partial charge in [-0.25, -0.2) is 4.39 Å². The number of rotatable bonds is 4. The molecule has 0 radical (unpaired) electrons. The number of amides is 1. The second-order valence-corrected chi connectivity index (χ2v) is 5.78. The lowest BCUT2D eigenvalue weighted by Crippen LogP contribution is -2.37. The van der Waals surface area contributed by atoms with E-state index in [-0.39, 0.29) is 18.3 Å². The minimum absolute atomic E-state index is 0.0773. The number of likely N-dealkylation sites (N-methyl/N-ethyl adjacent to an activating group) is 1. The third kappa shape index (κ3) is 3.53. The second-order valence-electron chi connectivity index (χ2n) is 5.78. The largest absolute Gasteiger partial charge is 0.389 e. The summed E-state index contributed by atoms with van der Waals surface area (Å²) in [6.45, 7) is 5.16. The van der Waals surface area contributed by atoms with Crippen LogP contribution in [0.2, 0.25) is 0 Å². The minimum Gasteiger partial charge on any atom is -0.389 e. The number of anilines is 1. The number of carbonyl (C=O) groups excluding carboxylic acids is 1. The first-order valence-corrected chi connectivity index (χ1v) is 7.37. The van der Waals surface area contributed by atoms with Crippen LogP contribution < -0.4 is 4.90 Å². The summed E-state index contributed by atoms with van der Waals surface area (Å²) in [5.41, 5.74) is 1.72. The summed E-state index contributed by atoms with van der Waals surface area (Å²) in [4.78, 5) is 15.9. The molecule has 116 valence electrons. The number of nitrogens with zero attached hydrogens (tertiary/aromatic N) is 2. The van der Waals surface area contributed by atoms with Crippen LogP contribution in [-0.2, 0) is 4.79 Å². The number of benzene rings is 1. The molecule has 1 N–H and O–H groups in total. The molecule has 1 fully saturated rings. The standard InChI is InChI=1S/C16H23FN2O2/c1-11-8-15(13(12(2)20)9-14(11)17)18(3)10-16(21)19-6-4-5-7-19/h8-9,12,20H,4-7,10H2,1-3H3/t12-/m1/s1. The maximum atomic E-state index is 13.7. The van der Waals surface area contributed by atoms with E-state index in [0.29, 0.717) is 16.8 Å². The van der Waals surface area contributed by atoms with Crippen molar-refractivity contribution in [2.24, 2.45) is 0 Å². The fourth-order valence-corrected chi connectivity index (χ4v) is 2.70. The quantitative estimate of drug-likeness (QED) is 0.926. The molecule has 0 saturated carbocycles. The lowest BCUT2D eigenvalue weighted by molar-refractivity contribution is -0.128. The van der Waals surface area contributed by atoms with Gasteiger partial charge in [0.15, 0.2) is 0 Å². The summed E-state index contributed by atoms with van der Waals surface area (Å²) in [5, 5.41) is 9.83. The molecule has 5 heteroatoms. The second kappa shape index (κ2) is 6.43.